The number of likely N-dealkylation sites (tertiary alicyclic amines) is 1. The van der Waals surface area contributed by atoms with Gasteiger partial charge in [0.05, 0.1) is 5.71 Å². The van der Waals surface area contributed by atoms with Gasteiger partial charge in [0.2, 0.25) is 0 Å². The molecule has 0 radical (unpaired) electrons. The smallest absolute Gasteiger partial charge is 0.407 e. The summed E-state index contributed by atoms with van der Waals surface area (Å²) in [5.74, 6) is 0.349. The van der Waals surface area contributed by atoms with Gasteiger partial charge in [-0.1, -0.05) is 32.0 Å². The Morgan fingerprint density at radius 2 is 2.04 bits per heavy atom. The van der Waals surface area contributed by atoms with E-state index in [2.05, 4.69) is 35.0 Å². The number of rotatable bonds is 11. The van der Waals surface area contributed by atoms with E-state index in [4.69, 9.17) is 9.94 Å². The Morgan fingerprint density at radius 1 is 1.33 bits per heavy atom. The minimum absolute atomic E-state index is 0.349. The average Bonchev–Trinajstić information content (AvgIpc) is 2.65. The third kappa shape index (κ3) is 8.93. The number of hydrogen-bond acceptors (Lipinski definition) is 5. The number of oxime groups is 1. The van der Waals surface area contributed by atoms with Gasteiger partial charge >= 0.3 is 6.09 Å². The van der Waals surface area contributed by atoms with E-state index in [0.29, 0.717) is 32.0 Å². The summed E-state index contributed by atoms with van der Waals surface area (Å²) in [6.45, 7) is 9.74. The molecule has 7 heteroatoms. The number of allylic oxidation sites excluding steroid dienone is 2. The molecular weight excluding hydrogens is 344 g/mol. The molecule has 1 fully saturated rings. The first-order valence-corrected chi connectivity index (χ1v) is 10.0. The van der Waals surface area contributed by atoms with Crippen LogP contribution in [0.2, 0.25) is 0 Å². The van der Waals surface area contributed by atoms with Crippen molar-refractivity contribution in [3.63, 3.8) is 0 Å². The molecule has 1 aliphatic rings. The van der Waals surface area contributed by atoms with Crippen LogP contribution in [0.25, 0.3) is 0 Å². The number of carboxylic acid groups (broad SMARTS) is 1. The van der Waals surface area contributed by atoms with Gasteiger partial charge in [-0.25, -0.2) is 4.79 Å². The van der Waals surface area contributed by atoms with E-state index in [1.165, 1.54) is 10.6 Å². The highest BCUT2D eigenvalue weighted by molar-refractivity contribution is 5.85. The second kappa shape index (κ2) is 13.2. The van der Waals surface area contributed by atoms with Crippen LogP contribution in [0, 0.1) is 5.92 Å². The number of piperidine rings is 1. The van der Waals surface area contributed by atoms with Crippen molar-refractivity contribution in [2.24, 2.45) is 16.1 Å². The lowest BCUT2D eigenvalue weighted by molar-refractivity contribution is 0.116. The maximum atomic E-state index is 11.1. The summed E-state index contributed by atoms with van der Waals surface area (Å²) in [5.41, 5.74) is 2.46. The molecule has 1 rings (SSSR count). The molecule has 1 unspecified atom stereocenters. The van der Waals surface area contributed by atoms with Crippen LogP contribution in [-0.4, -0.2) is 72.8 Å². The van der Waals surface area contributed by atoms with E-state index in [-0.39, 0.29) is 0 Å². The lowest BCUT2D eigenvalue weighted by Crippen LogP contribution is -2.33. The first-order chi connectivity index (χ1) is 13.0. The number of aliphatic imine (C=N–C) groups is 1. The molecule has 1 N–H and O–H groups in total. The Kier molecular flexibility index (Phi) is 11.2. The number of amides is 1. The van der Waals surface area contributed by atoms with Crippen molar-refractivity contribution in [2.45, 2.75) is 52.9 Å². The van der Waals surface area contributed by atoms with Crippen LogP contribution in [-0.2, 0) is 4.84 Å². The summed E-state index contributed by atoms with van der Waals surface area (Å²) >= 11 is 0. The molecule has 1 aliphatic heterocycles. The predicted molar refractivity (Wildman–Crippen MR) is 111 cm³/mol. The number of hydrogen-bond donors (Lipinski definition) is 1. The van der Waals surface area contributed by atoms with Crippen molar-refractivity contribution in [1.29, 1.82) is 0 Å². The normalized spacial score (nSPS) is 16.5. The summed E-state index contributed by atoms with van der Waals surface area (Å²) < 4.78 is 0. The zero-order chi connectivity index (χ0) is 20.1. The van der Waals surface area contributed by atoms with Crippen molar-refractivity contribution in [1.82, 2.24) is 9.80 Å². The largest absolute Gasteiger partial charge is 0.465 e. The van der Waals surface area contributed by atoms with Crippen LogP contribution in [0.15, 0.2) is 21.9 Å². The van der Waals surface area contributed by atoms with Gasteiger partial charge in [0.15, 0.2) is 0 Å². The van der Waals surface area contributed by atoms with Crippen LogP contribution in [0.1, 0.15) is 52.9 Å². The van der Waals surface area contributed by atoms with Crippen molar-refractivity contribution in [2.75, 3.05) is 39.8 Å². The molecule has 0 aromatic rings. The van der Waals surface area contributed by atoms with Gasteiger partial charge in [0, 0.05) is 70.3 Å². The molecule has 0 bridgehead atoms. The monoisotopic (exact) mass is 380 g/mol. The first kappa shape index (κ1) is 23.0. The third-order valence-corrected chi connectivity index (χ3v) is 4.57. The molecule has 0 aliphatic carbocycles. The van der Waals surface area contributed by atoms with Gasteiger partial charge in [-0.05, 0) is 12.8 Å². The fraction of sp³-hybridized carbons (Fsp3) is 0.750. The van der Waals surface area contributed by atoms with Gasteiger partial charge in [0.25, 0.3) is 0 Å². The molecule has 0 spiro atoms. The van der Waals surface area contributed by atoms with Gasteiger partial charge in [-0.15, -0.1) is 0 Å². The van der Waals surface area contributed by atoms with Crippen molar-refractivity contribution < 1.29 is 14.7 Å². The van der Waals surface area contributed by atoms with Gasteiger partial charge in [-0.2, -0.15) is 0 Å². The minimum atomic E-state index is -0.866. The zero-order valence-electron chi connectivity index (χ0n) is 17.4. The van der Waals surface area contributed by atoms with E-state index in [9.17, 15) is 4.79 Å². The van der Waals surface area contributed by atoms with Gasteiger partial charge < -0.3 is 24.7 Å². The molecule has 0 saturated carbocycles. The molecule has 1 amide bonds. The highest BCUT2D eigenvalue weighted by Crippen LogP contribution is 2.18. The fourth-order valence-corrected chi connectivity index (χ4v) is 3.20. The molecule has 1 heterocycles. The lowest BCUT2D eigenvalue weighted by atomic mass is 10.1. The SMILES string of the molecule is CCCN(CCCON=C1CCN(/C(=C/C(C)C=NC)CC)CC1)C(=O)O. The van der Waals surface area contributed by atoms with Crippen LogP contribution in [0.5, 0.6) is 0 Å². The summed E-state index contributed by atoms with van der Waals surface area (Å²) in [4.78, 5) is 24.4. The summed E-state index contributed by atoms with van der Waals surface area (Å²) in [7, 11) is 1.81. The van der Waals surface area contributed by atoms with E-state index < -0.39 is 6.09 Å². The van der Waals surface area contributed by atoms with Gasteiger partial charge in [0.1, 0.15) is 6.61 Å². The highest BCUT2D eigenvalue weighted by Gasteiger charge is 2.17. The molecule has 0 aromatic heterocycles. The standard InChI is InChI=1S/C20H36N4O3/c1-5-10-24(20(25)26)11-7-14-27-22-18-8-12-23(13-9-18)19(6-2)15-17(3)16-21-4/h15-17H,5-14H2,1-4H3,(H,25,26)/b19-15+,21-16?. The molecule has 154 valence electrons. The van der Waals surface area contributed by atoms with Crippen molar-refractivity contribution >= 4 is 18.0 Å². The van der Waals surface area contributed by atoms with Gasteiger partial charge in [-0.3, -0.25) is 0 Å². The Labute approximate surface area is 163 Å². The van der Waals surface area contributed by atoms with Crippen molar-refractivity contribution in [3.05, 3.63) is 11.8 Å². The topological polar surface area (TPSA) is 77.7 Å². The van der Waals surface area contributed by atoms with Crippen molar-refractivity contribution in [3.8, 4) is 0 Å². The Hall–Kier alpha value is -2.05. The molecule has 0 aromatic carbocycles. The highest BCUT2D eigenvalue weighted by atomic mass is 16.6. The maximum absolute atomic E-state index is 11.1. The van der Waals surface area contributed by atoms with Crippen LogP contribution >= 0.6 is 0 Å². The van der Waals surface area contributed by atoms with Crippen LogP contribution in [0.3, 0.4) is 0 Å². The minimum Gasteiger partial charge on any atom is -0.465 e. The third-order valence-electron chi connectivity index (χ3n) is 4.57. The van der Waals surface area contributed by atoms with E-state index in [1.54, 1.807) is 0 Å². The van der Waals surface area contributed by atoms with Crippen LogP contribution in [0.4, 0.5) is 4.79 Å². The molecule has 1 atom stereocenters. The van der Waals surface area contributed by atoms with E-state index in [0.717, 1.165) is 44.5 Å². The Balaban J connectivity index is 2.36. The van der Waals surface area contributed by atoms with E-state index in [1.807, 2.05) is 20.2 Å². The maximum Gasteiger partial charge on any atom is 0.407 e. The Bertz CT molecular complexity index is 521. The number of nitrogens with zero attached hydrogens (tertiary/aromatic N) is 4. The first-order valence-electron chi connectivity index (χ1n) is 10.0. The molecule has 27 heavy (non-hydrogen) atoms. The Morgan fingerprint density at radius 3 is 2.59 bits per heavy atom. The fourth-order valence-electron chi connectivity index (χ4n) is 3.20. The average molecular weight is 381 g/mol. The summed E-state index contributed by atoms with van der Waals surface area (Å²) in [6.07, 6.45) is 7.70. The van der Waals surface area contributed by atoms with E-state index >= 15 is 0 Å². The second-order valence-corrected chi connectivity index (χ2v) is 6.88. The lowest BCUT2D eigenvalue weighted by Gasteiger charge is -2.31. The zero-order valence-corrected chi connectivity index (χ0v) is 17.4. The number of carbonyl (C=O) groups is 1. The molecule has 7 nitrogen and oxygen atoms in total. The second-order valence-electron chi connectivity index (χ2n) is 6.88. The summed E-state index contributed by atoms with van der Waals surface area (Å²) in [5, 5.41) is 13.3. The predicted octanol–water partition coefficient (Wildman–Crippen LogP) is 3.87. The van der Waals surface area contributed by atoms with Crippen LogP contribution < -0.4 is 0 Å². The molecular formula is C20H36N4O3. The summed E-state index contributed by atoms with van der Waals surface area (Å²) in [6, 6.07) is 0. The quantitative estimate of drug-likeness (QED) is 0.335. The molecule has 1 saturated heterocycles.